The predicted molar refractivity (Wildman–Crippen MR) is 60.1 cm³/mol. The first kappa shape index (κ1) is 10.6. The second-order valence-electron chi connectivity index (χ2n) is 3.80. The summed E-state index contributed by atoms with van der Waals surface area (Å²) in [6.45, 7) is 0.433. The molecule has 0 unspecified atom stereocenters. The summed E-state index contributed by atoms with van der Waals surface area (Å²) in [4.78, 5) is 0. The Morgan fingerprint density at radius 2 is 2.29 bits per heavy atom. The fraction of sp³-hybridized carbons (Fsp3) is 0.444. The molecule has 0 radical (unpaired) electrons. The molecule has 2 aromatic heterocycles. The van der Waals surface area contributed by atoms with Crippen molar-refractivity contribution < 1.29 is 0 Å². The van der Waals surface area contributed by atoms with E-state index in [1.165, 1.54) is 11.8 Å². The molecular weight excluding hydrogens is 238 g/mol. The van der Waals surface area contributed by atoms with E-state index < -0.39 is 0 Å². The SMILES string of the molecule is NCc1ccnnc1Sc1nnnn1C1CC1. The van der Waals surface area contributed by atoms with Crippen molar-refractivity contribution in [3.63, 3.8) is 0 Å². The van der Waals surface area contributed by atoms with E-state index in [0.29, 0.717) is 12.6 Å². The van der Waals surface area contributed by atoms with Crippen LogP contribution in [-0.4, -0.2) is 30.4 Å². The number of nitrogens with zero attached hydrogens (tertiary/aromatic N) is 6. The van der Waals surface area contributed by atoms with Crippen molar-refractivity contribution in [1.29, 1.82) is 0 Å². The summed E-state index contributed by atoms with van der Waals surface area (Å²) in [6, 6.07) is 2.31. The summed E-state index contributed by atoms with van der Waals surface area (Å²) >= 11 is 1.41. The first-order chi connectivity index (χ1) is 8.38. The molecule has 0 amide bonds. The molecule has 7 nitrogen and oxygen atoms in total. The summed E-state index contributed by atoms with van der Waals surface area (Å²) in [5.41, 5.74) is 6.60. The molecule has 0 aromatic carbocycles. The standard InChI is InChI=1S/C9H11N7S/c10-5-6-3-4-11-12-8(6)17-9-13-14-15-16(9)7-1-2-7/h3-4,7H,1-2,5,10H2. The Bertz CT molecular complexity index is 522. The summed E-state index contributed by atoms with van der Waals surface area (Å²) in [7, 11) is 0. The zero-order valence-corrected chi connectivity index (χ0v) is 9.84. The number of hydrogen-bond donors (Lipinski definition) is 1. The van der Waals surface area contributed by atoms with Crippen molar-refractivity contribution in [3.8, 4) is 0 Å². The molecule has 2 aromatic rings. The van der Waals surface area contributed by atoms with E-state index in [1.54, 1.807) is 6.20 Å². The van der Waals surface area contributed by atoms with Crippen molar-refractivity contribution in [2.75, 3.05) is 0 Å². The van der Waals surface area contributed by atoms with Crippen LogP contribution in [0.5, 0.6) is 0 Å². The average molecular weight is 249 g/mol. The molecule has 1 aliphatic rings. The second-order valence-corrected chi connectivity index (χ2v) is 4.76. The molecule has 1 aliphatic carbocycles. The Kier molecular flexibility index (Phi) is 2.73. The monoisotopic (exact) mass is 249 g/mol. The lowest BCUT2D eigenvalue weighted by Crippen LogP contribution is -2.03. The molecule has 0 spiro atoms. The van der Waals surface area contributed by atoms with E-state index >= 15 is 0 Å². The Hall–Kier alpha value is -1.54. The molecule has 0 saturated heterocycles. The molecule has 2 N–H and O–H groups in total. The van der Waals surface area contributed by atoms with E-state index in [1.807, 2.05) is 10.7 Å². The van der Waals surface area contributed by atoms with E-state index in [0.717, 1.165) is 28.6 Å². The zero-order chi connectivity index (χ0) is 11.7. The normalized spacial score (nSPS) is 15.1. The first-order valence-corrected chi connectivity index (χ1v) is 6.16. The number of aromatic nitrogens is 6. The number of hydrogen-bond acceptors (Lipinski definition) is 7. The molecule has 17 heavy (non-hydrogen) atoms. The number of tetrazole rings is 1. The maximum Gasteiger partial charge on any atom is 0.215 e. The maximum atomic E-state index is 5.65. The van der Waals surface area contributed by atoms with Crippen LogP contribution >= 0.6 is 11.8 Å². The second kappa shape index (κ2) is 4.38. The van der Waals surface area contributed by atoms with Gasteiger partial charge in [0.15, 0.2) is 0 Å². The van der Waals surface area contributed by atoms with Crippen LogP contribution < -0.4 is 5.73 Å². The van der Waals surface area contributed by atoms with Gasteiger partial charge in [-0.15, -0.1) is 10.2 Å². The van der Waals surface area contributed by atoms with Crippen LogP contribution in [0, 0.1) is 0 Å². The van der Waals surface area contributed by atoms with Crippen LogP contribution in [0.1, 0.15) is 24.4 Å². The Labute approximate surface area is 102 Å². The molecule has 88 valence electrons. The highest BCUT2D eigenvalue weighted by Crippen LogP contribution is 2.37. The Morgan fingerprint density at radius 1 is 1.41 bits per heavy atom. The van der Waals surface area contributed by atoms with E-state index in [4.69, 9.17) is 5.73 Å². The van der Waals surface area contributed by atoms with Gasteiger partial charge in [-0.05, 0) is 41.1 Å². The molecule has 1 fully saturated rings. The van der Waals surface area contributed by atoms with Gasteiger partial charge in [0.25, 0.3) is 0 Å². The van der Waals surface area contributed by atoms with Crippen molar-refractivity contribution in [1.82, 2.24) is 30.4 Å². The van der Waals surface area contributed by atoms with E-state index in [2.05, 4.69) is 25.7 Å². The summed E-state index contributed by atoms with van der Waals surface area (Å²) in [6.07, 6.45) is 3.92. The zero-order valence-electron chi connectivity index (χ0n) is 9.02. The molecule has 8 heteroatoms. The van der Waals surface area contributed by atoms with Gasteiger partial charge < -0.3 is 5.73 Å². The lowest BCUT2D eigenvalue weighted by atomic mass is 10.3. The minimum absolute atomic E-state index is 0.433. The molecule has 2 heterocycles. The van der Waals surface area contributed by atoms with Crippen molar-refractivity contribution in [3.05, 3.63) is 17.8 Å². The first-order valence-electron chi connectivity index (χ1n) is 5.35. The number of nitrogens with two attached hydrogens (primary N) is 1. The predicted octanol–water partition coefficient (Wildman–Crippen LogP) is 0.408. The minimum atomic E-state index is 0.433. The van der Waals surface area contributed by atoms with Gasteiger partial charge in [-0.1, -0.05) is 0 Å². The van der Waals surface area contributed by atoms with Gasteiger partial charge in [-0.25, -0.2) is 4.68 Å². The van der Waals surface area contributed by atoms with Crippen molar-refractivity contribution in [2.45, 2.75) is 35.6 Å². The lowest BCUT2D eigenvalue weighted by Gasteiger charge is -2.04. The van der Waals surface area contributed by atoms with Crippen molar-refractivity contribution >= 4 is 11.8 Å². The van der Waals surface area contributed by atoms with Gasteiger partial charge in [0.05, 0.1) is 6.04 Å². The fourth-order valence-electron chi connectivity index (χ4n) is 1.47. The highest BCUT2D eigenvalue weighted by Gasteiger charge is 2.28. The third-order valence-corrected chi connectivity index (χ3v) is 3.52. The summed E-state index contributed by atoms with van der Waals surface area (Å²) in [5.74, 6) is 0. The van der Waals surface area contributed by atoms with Crippen LogP contribution in [0.3, 0.4) is 0 Å². The van der Waals surface area contributed by atoms with Crippen LogP contribution in [0.4, 0.5) is 0 Å². The quantitative estimate of drug-likeness (QED) is 0.838. The van der Waals surface area contributed by atoms with Gasteiger partial charge >= 0.3 is 0 Å². The van der Waals surface area contributed by atoms with Crippen LogP contribution in [0.15, 0.2) is 22.4 Å². The molecule has 1 saturated carbocycles. The Balaban J connectivity index is 1.88. The van der Waals surface area contributed by atoms with Crippen LogP contribution in [-0.2, 0) is 6.54 Å². The van der Waals surface area contributed by atoms with Crippen LogP contribution in [0.25, 0.3) is 0 Å². The fourth-order valence-corrected chi connectivity index (χ4v) is 2.37. The smallest absolute Gasteiger partial charge is 0.215 e. The average Bonchev–Trinajstić information content (AvgIpc) is 3.11. The molecule has 0 atom stereocenters. The van der Waals surface area contributed by atoms with Gasteiger partial charge in [0.2, 0.25) is 5.16 Å². The van der Waals surface area contributed by atoms with Crippen LogP contribution in [0.2, 0.25) is 0 Å². The van der Waals surface area contributed by atoms with Gasteiger partial charge in [0, 0.05) is 18.3 Å². The largest absolute Gasteiger partial charge is 0.326 e. The minimum Gasteiger partial charge on any atom is -0.326 e. The van der Waals surface area contributed by atoms with E-state index in [-0.39, 0.29) is 0 Å². The molecule has 0 aliphatic heterocycles. The highest BCUT2D eigenvalue weighted by atomic mass is 32.2. The molecule has 3 rings (SSSR count). The maximum absolute atomic E-state index is 5.65. The van der Waals surface area contributed by atoms with E-state index in [9.17, 15) is 0 Å². The molecule has 0 bridgehead atoms. The summed E-state index contributed by atoms with van der Waals surface area (Å²) < 4.78 is 1.85. The summed E-state index contributed by atoms with van der Waals surface area (Å²) in [5, 5.41) is 21.1. The Morgan fingerprint density at radius 3 is 3.06 bits per heavy atom. The highest BCUT2D eigenvalue weighted by molar-refractivity contribution is 7.99. The molecular formula is C9H11N7S. The third kappa shape index (κ3) is 2.13. The van der Waals surface area contributed by atoms with Gasteiger partial charge in [-0.3, -0.25) is 0 Å². The van der Waals surface area contributed by atoms with Gasteiger partial charge in [0.1, 0.15) is 5.03 Å². The van der Waals surface area contributed by atoms with Gasteiger partial charge in [-0.2, -0.15) is 5.10 Å². The van der Waals surface area contributed by atoms with Crippen molar-refractivity contribution in [2.24, 2.45) is 5.73 Å². The third-order valence-electron chi connectivity index (χ3n) is 2.53. The number of rotatable bonds is 4. The lowest BCUT2D eigenvalue weighted by molar-refractivity contribution is 0.565. The topological polar surface area (TPSA) is 95.4 Å².